The molecule has 1 atom stereocenters. The van der Waals surface area contributed by atoms with Crippen molar-refractivity contribution in [3.05, 3.63) is 23.8 Å². The molecule has 1 aliphatic heterocycles. The normalized spacial score (nSPS) is 16.5. The summed E-state index contributed by atoms with van der Waals surface area (Å²) in [6.07, 6.45) is 2.45. The molecule has 5 heteroatoms. The maximum atomic E-state index is 12.2. The van der Waals surface area contributed by atoms with Crippen LogP contribution < -0.4 is 19.7 Å². The zero-order valence-electron chi connectivity index (χ0n) is 13.1. The summed E-state index contributed by atoms with van der Waals surface area (Å²) >= 11 is 0. The monoisotopic (exact) mass is 293 g/mol. The lowest BCUT2D eigenvalue weighted by Gasteiger charge is -2.20. The molecule has 2 N–H and O–H groups in total. The minimum absolute atomic E-state index is 0.0210. The Morgan fingerprint density at radius 3 is 2.52 bits per heavy atom. The average molecular weight is 293 g/mol. The fourth-order valence-electron chi connectivity index (χ4n) is 2.78. The summed E-state index contributed by atoms with van der Waals surface area (Å²) < 4.78 is 10.5. The summed E-state index contributed by atoms with van der Waals surface area (Å²) in [4.78, 5) is 13.6. The van der Waals surface area contributed by atoms with Gasteiger partial charge in [0, 0.05) is 19.4 Å². The Bertz CT molecular complexity index is 484. The first kappa shape index (κ1) is 15.6. The summed E-state index contributed by atoms with van der Waals surface area (Å²) in [6.45, 7) is 4.72. The van der Waals surface area contributed by atoms with E-state index in [-0.39, 0.29) is 11.9 Å². The number of rotatable bonds is 6. The van der Waals surface area contributed by atoms with Crippen molar-refractivity contribution in [3.63, 3.8) is 0 Å². The van der Waals surface area contributed by atoms with E-state index in [0.29, 0.717) is 18.0 Å². The number of methoxy groups -OCH3 is 2. The van der Waals surface area contributed by atoms with Crippen LogP contribution in [0.25, 0.3) is 0 Å². The zero-order valence-corrected chi connectivity index (χ0v) is 13.1. The third-order valence-corrected chi connectivity index (χ3v) is 4.17. The lowest BCUT2D eigenvalue weighted by Crippen LogP contribution is -3.14. The van der Waals surface area contributed by atoms with Gasteiger partial charge >= 0.3 is 0 Å². The summed E-state index contributed by atoms with van der Waals surface area (Å²) in [5.41, 5.74) is 1.00. The van der Waals surface area contributed by atoms with Crippen molar-refractivity contribution >= 4 is 5.91 Å². The largest absolute Gasteiger partial charge is 0.493 e. The number of hydrogen-bond donors (Lipinski definition) is 2. The molecule has 1 fully saturated rings. The number of amides is 1. The highest BCUT2D eigenvalue weighted by Crippen LogP contribution is 2.27. The Hall–Kier alpha value is -1.75. The topological polar surface area (TPSA) is 52.0 Å². The minimum atomic E-state index is 0.0210. The van der Waals surface area contributed by atoms with Gasteiger partial charge in [0.2, 0.25) is 0 Å². The van der Waals surface area contributed by atoms with Crippen LogP contribution in [-0.4, -0.2) is 39.3 Å². The molecule has 21 heavy (non-hydrogen) atoms. The van der Waals surface area contributed by atoms with Crippen LogP contribution in [0, 0.1) is 0 Å². The summed E-state index contributed by atoms with van der Waals surface area (Å²) in [5.74, 6) is 1.49. The van der Waals surface area contributed by atoms with Gasteiger partial charge < -0.3 is 19.7 Å². The van der Waals surface area contributed by atoms with Gasteiger partial charge in [0.25, 0.3) is 5.91 Å². The number of carbonyl (C=O) groups excluding carboxylic acids is 1. The summed E-state index contributed by atoms with van der Waals surface area (Å²) in [7, 11) is 3.22. The number of ether oxygens (including phenoxy) is 2. The van der Waals surface area contributed by atoms with E-state index in [1.807, 2.05) is 25.1 Å². The van der Waals surface area contributed by atoms with Gasteiger partial charge in [-0.25, -0.2) is 0 Å². The first-order valence-corrected chi connectivity index (χ1v) is 7.49. The fourth-order valence-corrected chi connectivity index (χ4v) is 2.78. The number of benzene rings is 1. The van der Waals surface area contributed by atoms with Crippen molar-refractivity contribution in [2.45, 2.75) is 32.4 Å². The van der Waals surface area contributed by atoms with E-state index in [9.17, 15) is 4.79 Å². The molecule has 0 spiro atoms. The fraction of sp³-hybridized carbons (Fsp3) is 0.562. The average Bonchev–Trinajstić information content (AvgIpc) is 3.05. The van der Waals surface area contributed by atoms with E-state index < -0.39 is 0 Å². The Labute approximate surface area is 126 Å². The van der Waals surface area contributed by atoms with Gasteiger partial charge in [0.05, 0.1) is 27.3 Å². The molecule has 0 aromatic heterocycles. The van der Waals surface area contributed by atoms with Gasteiger partial charge in [-0.1, -0.05) is 6.07 Å². The molecule has 1 aromatic carbocycles. The Morgan fingerprint density at radius 1 is 1.24 bits per heavy atom. The van der Waals surface area contributed by atoms with Gasteiger partial charge in [0.15, 0.2) is 17.5 Å². The van der Waals surface area contributed by atoms with Crippen LogP contribution in [-0.2, 0) is 11.3 Å². The lowest BCUT2D eigenvalue weighted by molar-refractivity contribution is -0.901. The van der Waals surface area contributed by atoms with Crippen molar-refractivity contribution in [1.29, 1.82) is 0 Å². The zero-order chi connectivity index (χ0) is 15.2. The molecule has 0 saturated carbocycles. The van der Waals surface area contributed by atoms with Gasteiger partial charge in [-0.05, 0) is 24.6 Å². The second kappa shape index (κ2) is 7.31. The molecule has 0 aliphatic carbocycles. The minimum Gasteiger partial charge on any atom is -0.493 e. The van der Waals surface area contributed by atoms with E-state index in [4.69, 9.17) is 9.47 Å². The maximum Gasteiger partial charge on any atom is 0.278 e. The lowest BCUT2D eigenvalue weighted by atomic mass is 10.2. The van der Waals surface area contributed by atoms with E-state index in [2.05, 4.69) is 5.32 Å². The van der Waals surface area contributed by atoms with Crippen LogP contribution in [0.3, 0.4) is 0 Å². The second-order valence-electron chi connectivity index (χ2n) is 5.49. The van der Waals surface area contributed by atoms with Crippen LogP contribution in [0.4, 0.5) is 0 Å². The van der Waals surface area contributed by atoms with E-state index >= 15 is 0 Å². The molecule has 1 heterocycles. The molecular formula is C16H25N2O3+. The summed E-state index contributed by atoms with van der Waals surface area (Å²) in [5, 5.41) is 3.01. The van der Waals surface area contributed by atoms with E-state index in [0.717, 1.165) is 18.7 Å². The Balaban J connectivity index is 1.91. The third kappa shape index (κ3) is 3.88. The highest BCUT2D eigenvalue weighted by Gasteiger charge is 2.27. The molecule has 1 amide bonds. The summed E-state index contributed by atoms with van der Waals surface area (Å²) in [6, 6.07) is 5.71. The number of likely N-dealkylation sites (tertiary alicyclic amines) is 1. The standard InChI is InChI=1S/C16H24N2O3/c1-12(18-8-4-5-9-18)16(19)17-11-13-6-7-14(20-2)15(10-13)21-3/h6-7,10,12H,4-5,8-9,11H2,1-3H3,(H,17,19)/p+1/t12-/m0/s1. The van der Waals surface area contributed by atoms with Crippen LogP contribution in [0.15, 0.2) is 18.2 Å². The predicted octanol–water partition coefficient (Wildman–Crippen LogP) is 0.387. The molecular weight excluding hydrogens is 268 g/mol. The van der Waals surface area contributed by atoms with Crippen molar-refractivity contribution in [2.75, 3.05) is 27.3 Å². The van der Waals surface area contributed by atoms with Crippen molar-refractivity contribution in [1.82, 2.24) is 5.32 Å². The van der Waals surface area contributed by atoms with Gasteiger partial charge in [-0.15, -0.1) is 0 Å². The first-order valence-electron chi connectivity index (χ1n) is 7.49. The highest BCUT2D eigenvalue weighted by atomic mass is 16.5. The predicted molar refractivity (Wildman–Crippen MR) is 80.8 cm³/mol. The number of carbonyl (C=O) groups is 1. The number of quaternary nitrogens is 1. The molecule has 5 nitrogen and oxygen atoms in total. The van der Waals surface area contributed by atoms with Gasteiger partial charge in [-0.2, -0.15) is 0 Å². The molecule has 1 aromatic rings. The number of nitrogens with one attached hydrogen (secondary N) is 2. The SMILES string of the molecule is COc1ccc(CNC(=O)[C@H](C)[NH+]2CCCC2)cc1OC. The van der Waals surface area contributed by atoms with E-state index in [1.54, 1.807) is 14.2 Å². The van der Waals surface area contributed by atoms with Crippen molar-refractivity contribution in [2.24, 2.45) is 0 Å². The highest BCUT2D eigenvalue weighted by molar-refractivity contribution is 5.79. The number of hydrogen-bond acceptors (Lipinski definition) is 3. The van der Waals surface area contributed by atoms with Crippen molar-refractivity contribution in [3.8, 4) is 11.5 Å². The van der Waals surface area contributed by atoms with E-state index in [1.165, 1.54) is 17.7 Å². The molecule has 0 bridgehead atoms. The van der Waals surface area contributed by atoms with Crippen LogP contribution in [0.5, 0.6) is 11.5 Å². The molecule has 1 aliphatic rings. The van der Waals surface area contributed by atoms with Gasteiger partial charge in [-0.3, -0.25) is 4.79 Å². The third-order valence-electron chi connectivity index (χ3n) is 4.17. The Morgan fingerprint density at radius 2 is 1.90 bits per heavy atom. The molecule has 0 radical (unpaired) electrons. The smallest absolute Gasteiger partial charge is 0.278 e. The quantitative estimate of drug-likeness (QED) is 0.798. The molecule has 1 saturated heterocycles. The second-order valence-corrected chi connectivity index (χ2v) is 5.49. The van der Waals surface area contributed by atoms with Crippen LogP contribution in [0.2, 0.25) is 0 Å². The Kier molecular flexibility index (Phi) is 5.44. The molecule has 0 unspecified atom stereocenters. The van der Waals surface area contributed by atoms with Gasteiger partial charge in [0.1, 0.15) is 0 Å². The molecule has 116 valence electrons. The first-order chi connectivity index (χ1) is 10.2. The maximum absolute atomic E-state index is 12.2. The van der Waals surface area contributed by atoms with Crippen molar-refractivity contribution < 1.29 is 19.2 Å². The van der Waals surface area contributed by atoms with Crippen LogP contribution in [0.1, 0.15) is 25.3 Å². The van der Waals surface area contributed by atoms with Crippen LogP contribution >= 0.6 is 0 Å². The molecule has 2 rings (SSSR count).